The molecule has 0 saturated carbocycles. The molecule has 114 valence electrons. The highest BCUT2D eigenvalue weighted by Gasteiger charge is 2.23. The van der Waals surface area contributed by atoms with Crippen molar-refractivity contribution in [3.05, 3.63) is 34.9 Å². The van der Waals surface area contributed by atoms with Gasteiger partial charge in [0, 0.05) is 18.2 Å². The molecule has 2 unspecified atom stereocenters. The molecular formula is C14H21ClO5. The van der Waals surface area contributed by atoms with Crippen LogP contribution in [-0.2, 0) is 14.3 Å². The summed E-state index contributed by atoms with van der Waals surface area (Å²) in [5.41, 5.74) is 0.538. The summed E-state index contributed by atoms with van der Waals surface area (Å²) < 4.78 is 9.19. The smallest absolute Gasteiger partial charge is 0.295 e. The summed E-state index contributed by atoms with van der Waals surface area (Å²) in [6.45, 7) is 5.43. The lowest BCUT2D eigenvalue weighted by Gasteiger charge is -2.20. The predicted molar refractivity (Wildman–Crippen MR) is 76.6 cm³/mol. The van der Waals surface area contributed by atoms with Gasteiger partial charge >= 0.3 is 0 Å². The van der Waals surface area contributed by atoms with E-state index in [1.807, 2.05) is 13.8 Å². The number of aliphatic hydroxyl groups excluding tert-OH is 2. The van der Waals surface area contributed by atoms with Crippen molar-refractivity contribution in [1.82, 2.24) is 0 Å². The van der Waals surface area contributed by atoms with Gasteiger partial charge in [0.05, 0.1) is 12.5 Å². The maximum atomic E-state index is 10.1. The Balaban J connectivity index is 0.000000621. The zero-order valence-corrected chi connectivity index (χ0v) is 12.4. The van der Waals surface area contributed by atoms with Crippen LogP contribution in [0.2, 0.25) is 5.02 Å². The number of halogens is 1. The Kier molecular flexibility index (Phi) is 11.0. The van der Waals surface area contributed by atoms with Crippen LogP contribution in [0.15, 0.2) is 24.3 Å². The Hall–Kier alpha value is -1.14. The Bertz CT molecular complexity index is 370. The average molecular weight is 305 g/mol. The van der Waals surface area contributed by atoms with Crippen LogP contribution < -0.4 is 0 Å². The molecule has 0 aliphatic carbocycles. The molecule has 2 atom stereocenters. The first kappa shape index (κ1) is 18.9. The van der Waals surface area contributed by atoms with Gasteiger partial charge in [-0.1, -0.05) is 29.8 Å². The lowest BCUT2D eigenvalue weighted by molar-refractivity contribution is -0.157. The third-order valence-corrected chi connectivity index (χ3v) is 2.79. The Morgan fingerprint density at radius 2 is 1.90 bits per heavy atom. The second-order valence-corrected chi connectivity index (χ2v) is 4.12. The van der Waals surface area contributed by atoms with Crippen LogP contribution in [0.25, 0.3) is 0 Å². The molecule has 1 aromatic carbocycles. The number of hydrogen-bond acceptors (Lipinski definition) is 5. The highest BCUT2D eigenvalue weighted by molar-refractivity contribution is 6.31. The second-order valence-electron chi connectivity index (χ2n) is 3.71. The molecule has 0 heterocycles. The van der Waals surface area contributed by atoms with Gasteiger partial charge in [0.2, 0.25) is 6.29 Å². The third-order valence-electron chi connectivity index (χ3n) is 2.45. The van der Waals surface area contributed by atoms with Crippen LogP contribution in [0.3, 0.4) is 0 Å². The molecular weight excluding hydrogens is 284 g/mol. The summed E-state index contributed by atoms with van der Waals surface area (Å²) in [7, 11) is 0. The first-order valence-corrected chi connectivity index (χ1v) is 6.70. The minimum absolute atomic E-state index is 0.129. The van der Waals surface area contributed by atoms with E-state index < -0.39 is 12.2 Å². The first-order chi connectivity index (χ1) is 9.62. The molecule has 0 fully saturated rings. The summed E-state index contributed by atoms with van der Waals surface area (Å²) in [4.78, 5) is 10.1. The molecule has 5 nitrogen and oxygen atoms in total. The van der Waals surface area contributed by atoms with Crippen LogP contribution >= 0.6 is 11.6 Å². The lowest BCUT2D eigenvalue weighted by atomic mass is 9.99. The minimum Gasteiger partial charge on any atom is -0.437 e. The van der Waals surface area contributed by atoms with Gasteiger partial charge < -0.3 is 19.7 Å². The van der Waals surface area contributed by atoms with E-state index in [4.69, 9.17) is 21.4 Å². The molecule has 0 radical (unpaired) electrons. The number of hydrogen-bond donors (Lipinski definition) is 2. The van der Waals surface area contributed by atoms with E-state index in [9.17, 15) is 9.90 Å². The van der Waals surface area contributed by atoms with Crippen molar-refractivity contribution in [3.8, 4) is 0 Å². The number of benzene rings is 1. The summed E-state index contributed by atoms with van der Waals surface area (Å²) in [6.07, 6.45) is -1.40. The van der Waals surface area contributed by atoms with Gasteiger partial charge in [0.25, 0.3) is 6.47 Å². The molecule has 20 heavy (non-hydrogen) atoms. The van der Waals surface area contributed by atoms with Crippen molar-refractivity contribution in [2.45, 2.75) is 26.1 Å². The Morgan fingerprint density at radius 3 is 2.30 bits per heavy atom. The maximum absolute atomic E-state index is 10.1. The number of ether oxygens (including phenoxy) is 2. The topological polar surface area (TPSA) is 76.0 Å². The Morgan fingerprint density at radius 1 is 1.30 bits per heavy atom. The average Bonchev–Trinajstić information content (AvgIpc) is 2.44. The molecule has 0 bridgehead atoms. The third kappa shape index (κ3) is 6.86. The fourth-order valence-corrected chi connectivity index (χ4v) is 1.75. The van der Waals surface area contributed by atoms with Crippen molar-refractivity contribution in [1.29, 1.82) is 0 Å². The van der Waals surface area contributed by atoms with Crippen LogP contribution in [0.1, 0.15) is 25.3 Å². The first-order valence-electron chi connectivity index (χ1n) is 6.32. The van der Waals surface area contributed by atoms with Gasteiger partial charge in [0.15, 0.2) is 0 Å². The molecule has 0 spiro atoms. The predicted octanol–water partition coefficient (Wildman–Crippen LogP) is 1.95. The number of aliphatic hydroxyl groups is 2. The van der Waals surface area contributed by atoms with Crippen molar-refractivity contribution >= 4 is 18.1 Å². The lowest BCUT2D eigenvalue weighted by Crippen LogP contribution is -2.24. The van der Waals surface area contributed by atoms with E-state index >= 15 is 0 Å². The number of carbonyl (C=O) groups excluding carboxylic acids is 1. The van der Waals surface area contributed by atoms with Crippen LogP contribution in [0.4, 0.5) is 0 Å². The standard InChI is InChI=1S/C10H11ClO4.C4H10O/c11-9-4-2-1-3-7(9)8(5-12)10(14)15-6-13;1-3-5-4-2/h1-4,6,8,10,12,14H,5H2;3-4H2,1-2H3. The zero-order chi connectivity index (χ0) is 15.4. The fourth-order valence-electron chi connectivity index (χ4n) is 1.47. The minimum atomic E-state index is -1.40. The normalized spacial score (nSPS) is 12.8. The quantitative estimate of drug-likeness (QED) is 0.595. The highest BCUT2D eigenvalue weighted by Crippen LogP contribution is 2.26. The molecule has 1 rings (SSSR count). The molecule has 0 aliphatic rings. The molecule has 2 N–H and O–H groups in total. The molecule has 0 amide bonds. The van der Waals surface area contributed by atoms with E-state index in [0.717, 1.165) is 13.2 Å². The molecule has 1 aromatic rings. The SMILES string of the molecule is CCOCC.O=COC(O)C(CO)c1ccccc1Cl. The summed E-state index contributed by atoms with van der Waals surface area (Å²) in [6, 6.07) is 6.73. The Labute approximate surface area is 124 Å². The highest BCUT2D eigenvalue weighted by atomic mass is 35.5. The van der Waals surface area contributed by atoms with Crippen LogP contribution in [0.5, 0.6) is 0 Å². The van der Waals surface area contributed by atoms with E-state index in [2.05, 4.69) is 4.74 Å². The molecule has 0 aliphatic heterocycles. The summed E-state index contributed by atoms with van der Waals surface area (Å²) >= 11 is 5.88. The fraction of sp³-hybridized carbons (Fsp3) is 0.500. The van der Waals surface area contributed by atoms with Gasteiger partial charge in [-0.2, -0.15) is 0 Å². The van der Waals surface area contributed by atoms with Gasteiger partial charge in [0.1, 0.15) is 0 Å². The van der Waals surface area contributed by atoms with Crippen LogP contribution in [0, 0.1) is 0 Å². The van der Waals surface area contributed by atoms with Crippen molar-refractivity contribution in [2.75, 3.05) is 19.8 Å². The van der Waals surface area contributed by atoms with Gasteiger partial charge in [-0.3, -0.25) is 4.79 Å². The van der Waals surface area contributed by atoms with E-state index in [-0.39, 0.29) is 13.1 Å². The van der Waals surface area contributed by atoms with E-state index in [1.54, 1.807) is 24.3 Å². The molecule has 0 aromatic heterocycles. The van der Waals surface area contributed by atoms with Crippen molar-refractivity contribution in [2.24, 2.45) is 0 Å². The molecule has 6 heteroatoms. The maximum Gasteiger partial charge on any atom is 0.295 e. The monoisotopic (exact) mass is 304 g/mol. The summed E-state index contributed by atoms with van der Waals surface area (Å²) in [5, 5.41) is 18.9. The molecule has 0 saturated heterocycles. The number of carbonyl (C=O) groups is 1. The van der Waals surface area contributed by atoms with Crippen molar-refractivity contribution in [3.63, 3.8) is 0 Å². The van der Waals surface area contributed by atoms with Gasteiger partial charge in [-0.25, -0.2) is 0 Å². The zero-order valence-electron chi connectivity index (χ0n) is 11.7. The second kappa shape index (κ2) is 11.7. The van der Waals surface area contributed by atoms with Crippen molar-refractivity contribution < 1.29 is 24.5 Å². The number of rotatable bonds is 7. The van der Waals surface area contributed by atoms with Crippen LogP contribution in [-0.4, -0.2) is 42.8 Å². The van der Waals surface area contributed by atoms with E-state index in [1.165, 1.54) is 0 Å². The van der Waals surface area contributed by atoms with E-state index in [0.29, 0.717) is 10.6 Å². The van der Waals surface area contributed by atoms with Gasteiger partial charge in [-0.05, 0) is 25.5 Å². The van der Waals surface area contributed by atoms with Gasteiger partial charge in [-0.15, -0.1) is 0 Å². The largest absolute Gasteiger partial charge is 0.437 e. The summed E-state index contributed by atoms with van der Waals surface area (Å²) in [5.74, 6) is -0.733.